The van der Waals surface area contributed by atoms with E-state index >= 15 is 0 Å². The van der Waals surface area contributed by atoms with Gasteiger partial charge in [0.05, 0.1) is 0 Å². The van der Waals surface area contributed by atoms with Crippen LogP contribution in [0.5, 0.6) is 0 Å². The van der Waals surface area contributed by atoms with Crippen LogP contribution in [0.2, 0.25) is 0 Å². The number of hydrogen-bond donors (Lipinski definition) is 2. The largest absolute Gasteiger partial charge is 0.459 e. The Kier molecular flexibility index (Phi) is 10.8. The average Bonchev–Trinajstić information content (AvgIpc) is 2.89. The summed E-state index contributed by atoms with van der Waals surface area (Å²) in [6, 6.07) is 0. The number of ether oxygens (including phenoxy) is 1. The molecule has 0 aromatic heterocycles. The number of carbonyl (C=O) groups is 1. The second kappa shape index (κ2) is 11.1. The zero-order valence-electron chi connectivity index (χ0n) is 14.4. The minimum absolute atomic E-state index is 0. The van der Waals surface area contributed by atoms with Gasteiger partial charge in [-0.1, -0.05) is 25.7 Å². The third-order valence-electron chi connectivity index (χ3n) is 3.60. The Hall–Kier alpha value is -0.530. The molecule has 6 heteroatoms. The van der Waals surface area contributed by atoms with Crippen LogP contribution in [0.15, 0.2) is 4.99 Å². The lowest BCUT2D eigenvalue weighted by Gasteiger charge is -2.20. The van der Waals surface area contributed by atoms with Crippen LogP contribution in [0.1, 0.15) is 59.3 Å². The molecule has 1 saturated carbocycles. The normalized spacial score (nSPS) is 16.1. The third kappa shape index (κ3) is 10.2. The van der Waals surface area contributed by atoms with Crippen LogP contribution in [-0.2, 0) is 9.53 Å². The van der Waals surface area contributed by atoms with E-state index in [0.717, 1.165) is 18.9 Å². The van der Waals surface area contributed by atoms with E-state index in [1.807, 2.05) is 20.8 Å². The van der Waals surface area contributed by atoms with Crippen LogP contribution in [-0.4, -0.2) is 37.7 Å². The molecule has 0 heterocycles. The fourth-order valence-corrected chi connectivity index (χ4v) is 2.65. The maximum atomic E-state index is 11.6. The van der Waals surface area contributed by atoms with E-state index < -0.39 is 5.60 Å². The van der Waals surface area contributed by atoms with Gasteiger partial charge in [0.25, 0.3) is 0 Å². The first-order chi connectivity index (χ1) is 9.90. The van der Waals surface area contributed by atoms with Gasteiger partial charge >= 0.3 is 5.97 Å². The fourth-order valence-electron chi connectivity index (χ4n) is 2.65. The topological polar surface area (TPSA) is 62.7 Å². The summed E-state index contributed by atoms with van der Waals surface area (Å²) >= 11 is 0. The SMILES string of the molecule is CN=C(NCCCC1CCCC1)NCC(=O)OC(C)(C)C.I. The van der Waals surface area contributed by atoms with Gasteiger partial charge in [0.15, 0.2) is 5.96 Å². The van der Waals surface area contributed by atoms with Crippen molar-refractivity contribution in [3.63, 3.8) is 0 Å². The summed E-state index contributed by atoms with van der Waals surface area (Å²) < 4.78 is 5.24. The quantitative estimate of drug-likeness (QED) is 0.226. The Balaban J connectivity index is 0.00000441. The van der Waals surface area contributed by atoms with E-state index in [0.29, 0.717) is 5.96 Å². The average molecular weight is 425 g/mol. The zero-order chi connectivity index (χ0) is 15.7. The van der Waals surface area contributed by atoms with Crippen molar-refractivity contribution in [1.29, 1.82) is 0 Å². The molecule has 130 valence electrons. The van der Waals surface area contributed by atoms with E-state index in [1.54, 1.807) is 7.05 Å². The Morgan fingerprint density at radius 3 is 2.41 bits per heavy atom. The minimum atomic E-state index is -0.447. The number of carbonyl (C=O) groups excluding carboxylic acids is 1. The van der Waals surface area contributed by atoms with Gasteiger partial charge in [0.2, 0.25) is 0 Å². The van der Waals surface area contributed by atoms with Gasteiger partial charge in [0.1, 0.15) is 12.1 Å². The highest BCUT2D eigenvalue weighted by Crippen LogP contribution is 2.28. The standard InChI is InChI=1S/C16H31N3O2.HI/c1-16(2,3)21-14(20)12-19-15(17-4)18-11-7-10-13-8-5-6-9-13;/h13H,5-12H2,1-4H3,(H2,17,18,19);1H. The van der Waals surface area contributed by atoms with E-state index in [4.69, 9.17) is 4.74 Å². The molecule has 22 heavy (non-hydrogen) atoms. The molecule has 1 aliphatic rings. The molecule has 0 radical (unpaired) electrons. The maximum Gasteiger partial charge on any atom is 0.325 e. The van der Waals surface area contributed by atoms with Gasteiger partial charge < -0.3 is 15.4 Å². The number of nitrogens with zero attached hydrogens (tertiary/aromatic N) is 1. The van der Waals surface area contributed by atoms with Gasteiger partial charge in [-0.25, -0.2) is 0 Å². The van der Waals surface area contributed by atoms with Gasteiger partial charge in [-0.3, -0.25) is 9.79 Å². The molecule has 0 saturated heterocycles. The van der Waals surface area contributed by atoms with E-state index in [9.17, 15) is 4.79 Å². The summed E-state index contributed by atoms with van der Waals surface area (Å²) in [7, 11) is 1.71. The summed E-state index contributed by atoms with van der Waals surface area (Å²) in [5.74, 6) is 1.31. The highest BCUT2D eigenvalue weighted by Gasteiger charge is 2.16. The van der Waals surface area contributed by atoms with Crippen LogP contribution in [0.4, 0.5) is 0 Å². The summed E-state index contributed by atoms with van der Waals surface area (Å²) in [6.07, 6.45) is 8.03. The van der Waals surface area contributed by atoms with Crippen molar-refractivity contribution in [3.8, 4) is 0 Å². The van der Waals surface area contributed by atoms with E-state index in [1.165, 1.54) is 32.1 Å². The van der Waals surface area contributed by atoms with Gasteiger partial charge in [0, 0.05) is 13.6 Å². The molecular weight excluding hydrogens is 393 g/mol. The van der Waals surface area contributed by atoms with Crippen LogP contribution in [0.3, 0.4) is 0 Å². The van der Waals surface area contributed by atoms with Crippen molar-refractivity contribution in [2.24, 2.45) is 10.9 Å². The lowest BCUT2D eigenvalue weighted by Crippen LogP contribution is -2.42. The van der Waals surface area contributed by atoms with Crippen LogP contribution in [0.25, 0.3) is 0 Å². The lowest BCUT2D eigenvalue weighted by atomic mass is 10.0. The van der Waals surface area contributed by atoms with Crippen molar-refractivity contribution >= 4 is 35.9 Å². The predicted molar refractivity (Wildman–Crippen MR) is 102 cm³/mol. The Morgan fingerprint density at radius 2 is 1.86 bits per heavy atom. The molecule has 0 aromatic rings. The molecule has 2 N–H and O–H groups in total. The number of esters is 1. The van der Waals surface area contributed by atoms with Crippen LogP contribution >= 0.6 is 24.0 Å². The lowest BCUT2D eigenvalue weighted by molar-refractivity contribution is -0.153. The number of nitrogens with one attached hydrogen (secondary N) is 2. The summed E-state index contributed by atoms with van der Waals surface area (Å²) in [5, 5.41) is 6.23. The molecule has 0 spiro atoms. The van der Waals surface area contributed by atoms with Gasteiger partial charge in [-0.05, 0) is 39.5 Å². The maximum absolute atomic E-state index is 11.6. The molecule has 0 bridgehead atoms. The number of aliphatic imine (C=N–C) groups is 1. The van der Waals surface area contributed by atoms with Gasteiger partial charge in [-0.2, -0.15) is 0 Å². The van der Waals surface area contributed by atoms with Gasteiger partial charge in [-0.15, -0.1) is 24.0 Å². The number of hydrogen-bond acceptors (Lipinski definition) is 3. The summed E-state index contributed by atoms with van der Waals surface area (Å²) in [4.78, 5) is 15.7. The molecular formula is C16H32IN3O2. The van der Waals surface area contributed by atoms with Crippen LogP contribution in [0, 0.1) is 5.92 Å². The monoisotopic (exact) mass is 425 g/mol. The third-order valence-corrected chi connectivity index (χ3v) is 3.60. The first kappa shape index (κ1) is 21.5. The summed E-state index contributed by atoms with van der Waals surface area (Å²) in [6.45, 7) is 6.62. The fraction of sp³-hybridized carbons (Fsp3) is 0.875. The number of rotatable bonds is 6. The first-order valence-corrected chi connectivity index (χ1v) is 8.07. The first-order valence-electron chi connectivity index (χ1n) is 8.07. The van der Waals surface area contributed by atoms with E-state index in [-0.39, 0.29) is 36.5 Å². The predicted octanol–water partition coefficient (Wildman–Crippen LogP) is 3.08. The molecule has 5 nitrogen and oxygen atoms in total. The van der Waals surface area contributed by atoms with Crippen molar-refractivity contribution < 1.29 is 9.53 Å². The van der Waals surface area contributed by atoms with Crippen molar-refractivity contribution in [2.75, 3.05) is 20.1 Å². The smallest absolute Gasteiger partial charge is 0.325 e. The van der Waals surface area contributed by atoms with Crippen molar-refractivity contribution in [1.82, 2.24) is 10.6 Å². The second-order valence-corrected chi connectivity index (χ2v) is 6.73. The summed E-state index contributed by atoms with van der Waals surface area (Å²) in [5.41, 5.74) is -0.447. The Labute approximate surface area is 152 Å². The molecule has 1 rings (SSSR count). The molecule has 0 amide bonds. The van der Waals surface area contributed by atoms with Crippen LogP contribution < -0.4 is 10.6 Å². The Morgan fingerprint density at radius 1 is 1.23 bits per heavy atom. The molecule has 0 aliphatic heterocycles. The van der Waals surface area contributed by atoms with Crippen molar-refractivity contribution in [3.05, 3.63) is 0 Å². The second-order valence-electron chi connectivity index (χ2n) is 6.73. The molecule has 0 aromatic carbocycles. The molecule has 1 fully saturated rings. The highest BCUT2D eigenvalue weighted by molar-refractivity contribution is 14.0. The number of halogens is 1. The zero-order valence-corrected chi connectivity index (χ0v) is 16.7. The molecule has 0 unspecified atom stereocenters. The minimum Gasteiger partial charge on any atom is -0.459 e. The Bertz CT molecular complexity index is 348. The van der Waals surface area contributed by atoms with Crippen molar-refractivity contribution in [2.45, 2.75) is 64.9 Å². The molecule has 1 aliphatic carbocycles. The number of guanidine groups is 1. The molecule has 0 atom stereocenters. The highest BCUT2D eigenvalue weighted by atomic mass is 127. The van der Waals surface area contributed by atoms with E-state index in [2.05, 4.69) is 15.6 Å².